The highest BCUT2D eigenvalue weighted by Gasteiger charge is 2.35. The predicted molar refractivity (Wildman–Crippen MR) is 76.0 cm³/mol. The molecule has 0 aliphatic heterocycles. The van der Waals surface area contributed by atoms with Crippen LogP contribution in [0.15, 0.2) is 30.3 Å². The fraction of sp³-hybridized carbons (Fsp3) is 0.500. The summed E-state index contributed by atoms with van der Waals surface area (Å²) in [4.78, 5) is 23.5. The average Bonchev–Trinajstić information content (AvgIpc) is 3.28. The normalized spacial score (nSPS) is 18.9. The molecular weight excluding hydrogens is 254 g/mol. The Labute approximate surface area is 119 Å². The van der Waals surface area contributed by atoms with Gasteiger partial charge in [0.15, 0.2) is 0 Å². The largest absolute Gasteiger partial charge is 0.481 e. The summed E-state index contributed by atoms with van der Waals surface area (Å²) in [6.07, 6.45) is 2.19. The third-order valence-corrected chi connectivity index (χ3v) is 4.09. The number of carbonyl (C=O) groups is 2. The van der Waals surface area contributed by atoms with E-state index in [-0.39, 0.29) is 11.8 Å². The zero-order valence-electron chi connectivity index (χ0n) is 11.9. The molecule has 3 atom stereocenters. The Kier molecular flexibility index (Phi) is 4.42. The molecule has 4 heteroatoms. The summed E-state index contributed by atoms with van der Waals surface area (Å²) in [5.74, 6) is -1.19. The molecule has 20 heavy (non-hydrogen) atoms. The number of carboxylic acids is 1. The molecule has 0 heterocycles. The highest BCUT2D eigenvalue weighted by atomic mass is 16.4. The van der Waals surface area contributed by atoms with Crippen LogP contribution in [0.2, 0.25) is 0 Å². The van der Waals surface area contributed by atoms with Gasteiger partial charge in [-0.2, -0.15) is 0 Å². The quantitative estimate of drug-likeness (QED) is 0.838. The monoisotopic (exact) mass is 275 g/mol. The van der Waals surface area contributed by atoms with E-state index in [0.29, 0.717) is 5.92 Å². The summed E-state index contributed by atoms with van der Waals surface area (Å²) in [7, 11) is 0. The Morgan fingerprint density at radius 1 is 1.20 bits per heavy atom. The lowest BCUT2D eigenvalue weighted by molar-refractivity contribution is -0.142. The summed E-state index contributed by atoms with van der Waals surface area (Å²) < 4.78 is 0. The molecule has 1 amide bonds. The second-order valence-electron chi connectivity index (χ2n) is 5.65. The Hall–Kier alpha value is -1.84. The van der Waals surface area contributed by atoms with Gasteiger partial charge in [-0.05, 0) is 31.2 Å². The molecule has 1 aromatic rings. The van der Waals surface area contributed by atoms with Gasteiger partial charge in [-0.25, -0.2) is 0 Å². The van der Waals surface area contributed by atoms with E-state index in [0.717, 1.165) is 18.4 Å². The number of benzene rings is 1. The number of nitrogens with one attached hydrogen (secondary N) is 1. The van der Waals surface area contributed by atoms with Gasteiger partial charge in [0.05, 0.1) is 12.0 Å². The van der Waals surface area contributed by atoms with Crippen LogP contribution >= 0.6 is 0 Å². The summed E-state index contributed by atoms with van der Waals surface area (Å²) in [5.41, 5.74) is 0.832. The van der Waals surface area contributed by atoms with E-state index < -0.39 is 17.9 Å². The first-order valence-corrected chi connectivity index (χ1v) is 7.09. The molecule has 0 bridgehead atoms. The second-order valence-corrected chi connectivity index (χ2v) is 5.65. The smallest absolute Gasteiger partial charge is 0.308 e. The molecular formula is C16H21NO3. The van der Waals surface area contributed by atoms with Gasteiger partial charge >= 0.3 is 5.97 Å². The van der Waals surface area contributed by atoms with Crippen molar-refractivity contribution in [1.82, 2.24) is 5.32 Å². The van der Waals surface area contributed by atoms with E-state index in [2.05, 4.69) is 5.32 Å². The van der Waals surface area contributed by atoms with Crippen molar-refractivity contribution < 1.29 is 14.7 Å². The molecule has 0 aromatic heterocycles. The highest BCUT2D eigenvalue weighted by molar-refractivity contribution is 5.80. The Bertz CT molecular complexity index is 482. The van der Waals surface area contributed by atoms with Crippen LogP contribution in [0.5, 0.6) is 0 Å². The number of hydrogen-bond donors (Lipinski definition) is 2. The molecule has 1 aliphatic carbocycles. The molecule has 0 radical (unpaired) electrons. The van der Waals surface area contributed by atoms with Gasteiger partial charge in [-0.15, -0.1) is 0 Å². The van der Waals surface area contributed by atoms with Crippen molar-refractivity contribution in [3.05, 3.63) is 35.9 Å². The van der Waals surface area contributed by atoms with Gasteiger partial charge in [0.25, 0.3) is 0 Å². The number of rotatable bonds is 6. The van der Waals surface area contributed by atoms with Gasteiger partial charge in [0, 0.05) is 5.92 Å². The third-order valence-electron chi connectivity index (χ3n) is 4.09. The van der Waals surface area contributed by atoms with Crippen molar-refractivity contribution in [1.29, 1.82) is 0 Å². The lowest BCUT2D eigenvalue weighted by Gasteiger charge is -2.24. The van der Waals surface area contributed by atoms with E-state index in [1.807, 2.05) is 37.3 Å². The van der Waals surface area contributed by atoms with Gasteiger partial charge in [0.2, 0.25) is 5.91 Å². The minimum atomic E-state index is -0.904. The van der Waals surface area contributed by atoms with E-state index in [1.165, 1.54) is 0 Å². The van der Waals surface area contributed by atoms with Crippen LogP contribution in [0, 0.1) is 17.8 Å². The van der Waals surface area contributed by atoms with Crippen LogP contribution in [0.3, 0.4) is 0 Å². The van der Waals surface area contributed by atoms with E-state index in [4.69, 9.17) is 0 Å². The van der Waals surface area contributed by atoms with Crippen molar-refractivity contribution >= 4 is 11.9 Å². The maximum absolute atomic E-state index is 12.2. The Morgan fingerprint density at radius 2 is 1.80 bits per heavy atom. The molecule has 3 unspecified atom stereocenters. The zero-order chi connectivity index (χ0) is 14.7. The lowest BCUT2D eigenvalue weighted by atomic mass is 9.93. The molecule has 1 fully saturated rings. The molecule has 108 valence electrons. The lowest BCUT2D eigenvalue weighted by Crippen LogP contribution is -2.38. The molecule has 1 saturated carbocycles. The summed E-state index contributed by atoms with van der Waals surface area (Å²) in [6, 6.07) is 8.81. The van der Waals surface area contributed by atoms with Gasteiger partial charge in [-0.3, -0.25) is 9.59 Å². The third kappa shape index (κ3) is 3.38. The highest BCUT2D eigenvalue weighted by Crippen LogP contribution is 2.37. The number of carbonyl (C=O) groups excluding carboxylic acids is 1. The van der Waals surface area contributed by atoms with Crippen LogP contribution in [0.1, 0.15) is 38.3 Å². The van der Waals surface area contributed by atoms with Gasteiger partial charge in [0.1, 0.15) is 0 Å². The van der Waals surface area contributed by atoms with Gasteiger partial charge < -0.3 is 10.4 Å². The van der Waals surface area contributed by atoms with Crippen molar-refractivity contribution in [2.45, 2.75) is 32.7 Å². The number of carboxylic acid groups (broad SMARTS) is 1. The molecule has 2 rings (SSSR count). The number of hydrogen-bond acceptors (Lipinski definition) is 2. The van der Waals surface area contributed by atoms with Crippen LogP contribution in [-0.2, 0) is 9.59 Å². The van der Waals surface area contributed by atoms with Crippen LogP contribution in [0.25, 0.3) is 0 Å². The summed E-state index contributed by atoms with van der Waals surface area (Å²) in [6.45, 7) is 3.54. The van der Waals surface area contributed by atoms with Crippen molar-refractivity contribution in [3.63, 3.8) is 0 Å². The average molecular weight is 275 g/mol. The molecule has 1 aromatic carbocycles. The van der Waals surface area contributed by atoms with Crippen LogP contribution in [-0.4, -0.2) is 17.0 Å². The van der Waals surface area contributed by atoms with Crippen LogP contribution < -0.4 is 5.32 Å². The Morgan fingerprint density at radius 3 is 2.30 bits per heavy atom. The molecule has 1 aliphatic rings. The first kappa shape index (κ1) is 14.6. The zero-order valence-corrected chi connectivity index (χ0v) is 11.9. The maximum Gasteiger partial charge on any atom is 0.308 e. The summed E-state index contributed by atoms with van der Waals surface area (Å²) in [5, 5.41) is 12.2. The first-order chi connectivity index (χ1) is 9.50. The molecule has 4 nitrogen and oxygen atoms in total. The second kappa shape index (κ2) is 6.07. The fourth-order valence-corrected chi connectivity index (χ4v) is 2.39. The topological polar surface area (TPSA) is 66.4 Å². The summed E-state index contributed by atoms with van der Waals surface area (Å²) >= 11 is 0. The molecule has 0 saturated heterocycles. The van der Waals surface area contributed by atoms with E-state index in [1.54, 1.807) is 6.92 Å². The fourth-order valence-electron chi connectivity index (χ4n) is 2.39. The number of amides is 1. The molecule has 0 spiro atoms. The SMILES string of the molecule is CC(C(=O)NC(c1ccccc1)C(C)C(=O)O)C1CC1. The predicted octanol–water partition coefficient (Wildman–Crippen LogP) is 2.61. The Balaban J connectivity index is 2.14. The first-order valence-electron chi connectivity index (χ1n) is 7.09. The number of aliphatic carboxylic acids is 1. The van der Waals surface area contributed by atoms with E-state index in [9.17, 15) is 14.7 Å². The standard InChI is InChI=1S/C16H21NO3/c1-10(12-8-9-12)15(18)17-14(11(2)16(19)20)13-6-4-3-5-7-13/h3-7,10-12,14H,8-9H2,1-2H3,(H,17,18)(H,19,20). The van der Waals surface area contributed by atoms with E-state index >= 15 is 0 Å². The maximum atomic E-state index is 12.2. The molecule has 2 N–H and O–H groups in total. The van der Waals surface area contributed by atoms with Crippen molar-refractivity contribution in [2.24, 2.45) is 17.8 Å². The minimum Gasteiger partial charge on any atom is -0.481 e. The van der Waals surface area contributed by atoms with Crippen LogP contribution in [0.4, 0.5) is 0 Å². The van der Waals surface area contributed by atoms with Crippen molar-refractivity contribution in [2.75, 3.05) is 0 Å². The van der Waals surface area contributed by atoms with Crippen molar-refractivity contribution in [3.8, 4) is 0 Å². The van der Waals surface area contributed by atoms with Gasteiger partial charge in [-0.1, -0.05) is 37.3 Å². The minimum absolute atomic E-state index is 0.0396.